The largest absolute Gasteiger partial charge is 0.466 e. The fraction of sp³-hybridized carbons (Fsp3) is 0.250. The molecule has 2 amide bonds. The molecule has 0 radical (unpaired) electrons. The number of nitrogens with one attached hydrogen (secondary N) is 2. The number of methoxy groups -OCH3 is 1. The second-order valence-corrected chi connectivity index (χ2v) is 9.07. The first-order valence-corrected chi connectivity index (χ1v) is 13.7. The van der Waals surface area contributed by atoms with E-state index in [0.717, 1.165) is 29.8 Å². The van der Waals surface area contributed by atoms with Crippen molar-refractivity contribution in [3.8, 4) is 0 Å². The van der Waals surface area contributed by atoms with E-state index in [-0.39, 0.29) is 24.5 Å². The van der Waals surface area contributed by atoms with Gasteiger partial charge >= 0.3 is 12.1 Å². The van der Waals surface area contributed by atoms with Crippen LogP contribution in [0, 0.1) is 0 Å². The number of hydrogen-bond acceptors (Lipinski definition) is 8. The number of amides is 2. The normalized spacial score (nSPS) is 13.1. The minimum absolute atomic E-state index is 0.138. The predicted octanol–water partition coefficient (Wildman–Crippen LogP) is 5.91. The Hall–Kier alpha value is -5.12. The lowest BCUT2D eigenvalue weighted by molar-refractivity contribution is -0.141. The second kappa shape index (κ2) is 15.6. The summed E-state index contributed by atoms with van der Waals surface area (Å²) in [5.41, 5.74) is 11.3. The molecular weight excluding hydrogens is 534 g/mol. The van der Waals surface area contributed by atoms with Crippen molar-refractivity contribution >= 4 is 46.4 Å². The van der Waals surface area contributed by atoms with Crippen LogP contribution in [0.5, 0.6) is 0 Å². The minimum atomic E-state index is -0.599. The fourth-order valence-electron chi connectivity index (χ4n) is 4.09. The Kier molecular flexibility index (Phi) is 11.7. The zero-order chi connectivity index (χ0) is 30.5. The quantitative estimate of drug-likeness (QED) is 0.165. The number of esters is 1. The van der Waals surface area contributed by atoms with E-state index < -0.39 is 12.1 Å². The smallest absolute Gasteiger partial charge is 0.411 e. The Balaban J connectivity index is 0.000000458. The maximum atomic E-state index is 13.2. The highest BCUT2D eigenvalue weighted by molar-refractivity contribution is 6.32. The van der Waals surface area contributed by atoms with Crippen LogP contribution in [0.2, 0.25) is 0 Å². The van der Waals surface area contributed by atoms with Crippen molar-refractivity contribution in [2.45, 2.75) is 40.0 Å². The maximum absolute atomic E-state index is 13.2. The van der Waals surface area contributed by atoms with Gasteiger partial charge in [0, 0.05) is 23.3 Å². The zero-order valence-electron chi connectivity index (χ0n) is 24.3. The lowest BCUT2D eigenvalue weighted by Gasteiger charge is -2.13. The maximum Gasteiger partial charge on any atom is 0.411 e. The molecule has 0 fully saturated rings. The number of nitrogens with two attached hydrogens (primary N) is 1. The second-order valence-electron chi connectivity index (χ2n) is 9.07. The van der Waals surface area contributed by atoms with Gasteiger partial charge in [-0.25, -0.2) is 4.79 Å². The molecule has 220 valence electrons. The first-order valence-electron chi connectivity index (χ1n) is 13.7. The number of aryl methyl sites for hydroxylation is 2. The molecule has 0 spiro atoms. The van der Waals surface area contributed by atoms with Crippen LogP contribution in [0.3, 0.4) is 0 Å². The van der Waals surface area contributed by atoms with Gasteiger partial charge < -0.3 is 20.5 Å². The molecule has 0 aromatic heterocycles. The Morgan fingerprint density at radius 1 is 0.929 bits per heavy atom. The molecule has 1 aliphatic rings. The van der Waals surface area contributed by atoms with E-state index in [1.807, 2.05) is 49.4 Å². The Bertz CT molecular complexity index is 1450. The van der Waals surface area contributed by atoms with Gasteiger partial charge in [0.05, 0.1) is 37.1 Å². The topological polar surface area (TPSA) is 135 Å². The third kappa shape index (κ3) is 8.44. The van der Waals surface area contributed by atoms with Crippen LogP contribution in [-0.4, -0.2) is 37.4 Å². The van der Waals surface area contributed by atoms with Crippen molar-refractivity contribution in [2.75, 3.05) is 35.1 Å². The molecule has 0 bridgehead atoms. The number of nitrogens with zero attached hydrogens (tertiary/aromatic N) is 2. The van der Waals surface area contributed by atoms with Gasteiger partial charge in [-0.2, -0.15) is 10.1 Å². The van der Waals surface area contributed by atoms with Gasteiger partial charge in [-0.15, -0.1) is 0 Å². The van der Waals surface area contributed by atoms with Crippen LogP contribution >= 0.6 is 0 Å². The zero-order valence-corrected chi connectivity index (χ0v) is 24.3. The molecule has 1 heterocycles. The number of ether oxygens (including phenoxy) is 2. The molecule has 42 heavy (non-hydrogen) atoms. The molecule has 1 aliphatic heterocycles. The van der Waals surface area contributed by atoms with Crippen molar-refractivity contribution in [2.24, 2.45) is 5.10 Å². The number of anilines is 4. The summed E-state index contributed by atoms with van der Waals surface area (Å²) in [6, 6.07) is 22.2. The molecule has 4 rings (SSSR count). The molecule has 0 saturated heterocycles. The van der Waals surface area contributed by atoms with Gasteiger partial charge in [-0.05, 0) is 67.3 Å². The number of carbonyl (C=O) groups excluding carboxylic acids is 3. The average molecular weight is 572 g/mol. The number of para-hydroxylation sites is 2. The van der Waals surface area contributed by atoms with Crippen LogP contribution in [0.1, 0.15) is 38.3 Å². The lowest BCUT2D eigenvalue weighted by Crippen LogP contribution is -2.22. The lowest BCUT2D eigenvalue weighted by atomic mass is 10.1. The SMILES string of the molecule is CCOC(=O)CC1=NN(c2ccc(NC(=O)OC)cc2)C(=O)C1=CNc1ccccc1CC.CCc1ccccc1N. The summed E-state index contributed by atoms with van der Waals surface area (Å²) in [6.07, 6.45) is 2.68. The molecular formula is C32H37N5O5. The van der Waals surface area contributed by atoms with Gasteiger partial charge in [0.15, 0.2) is 0 Å². The summed E-state index contributed by atoms with van der Waals surface area (Å²) >= 11 is 0. The highest BCUT2D eigenvalue weighted by atomic mass is 16.5. The number of hydrogen-bond donors (Lipinski definition) is 3. The third-order valence-corrected chi connectivity index (χ3v) is 6.32. The van der Waals surface area contributed by atoms with Gasteiger partial charge in [-0.3, -0.25) is 14.9 Å². The van der Waals surface area contributed by atoms with E-state index in [0.29, 0.717) is 17.1 Å². The van der Waals surface area contributed by atoms with E-state index in [4.69, 9.17) is 10.5 Å². The number of benzene rings is 3. The van der Waals surface area contributed by atoms with E-state index >= 15 is 0 Å². The highest BCUT2D eigenvalue weighted by Crippen LogP contribution is 2.27. The number of rotatable bonds is 9. The Labute approximate surface area is 246 Å². The van der Waals surface area contributed by atoms with Crippen molar-refractivity contribution in [1.82, 2.24) is 0 Å². The van der Waals surface area contributed by atoms with Crippen LogP contribution in [0.15, 0.2) is 89.7 Å². The van der Waals surface area contributed by atoms with E-state index in [1.54, 1.807) is 37.4 Å². The number of hydrazone groups is 1. The molecule has 10 nitrogen and oxygen atoms in total. The Morgan fingerprint density at radius 2 is 1.57 bits per heavy atom. The van der Waals surface area contributed by atoms with Gasteiger partial charge in [0.25, 0.3) is 5.91 Å². The fourth-order valence-corrected chi connectivity index (χ4v) is 4.09. The van der Waals surface area contributed by atoms with Crippen molar-refractivity contribution in [1.29, 1.82) is 0 Å². The monoisotopic (exact) mass is 571 g/mol. The predicted molar refractivity (Wildman–Crippen MR) is 166 cm³/mol. The Morgan fingerprint density at radius 3 is 2.17 bits per heavy atom. The first-order chi connectivity index (χ1) is 20.3. The molecule has 3 aromatic rings. The number of carbonyl (C=O) groups is 3. The third-order valence-electron chi connectivity index (χ3n) is 6.32. The number of nitrogen functional groups attached to an aromatic ring is 1. The van der Waals surface area contributed by atoms with E-state index in [9.17, 15) is 14.4 Å². The van der Waals surface area contributed by atoms with E-state index in [1.165, 1.54) is 17.7 Å². The van der Waals surface area contributed by atoms with Crippen molar-refractivity contribution in [3.05, 3.63) is 95.7 Å². The summed E-state index contributed by atoms with van der Waals surface area (Å²) in [4.78, 5) is 36.7. The average Bonchev–Trinajstić information content (AvgIpc) is 3.31. The van der Waals surface area contributed by atoms with Crippen molar-refractivity contribution < 1.29 is 23.9 Å². The summed E-state index contributed by atoms with van der Waals surface area (Å²) < 4.78 is 9.61. The summed E-state index contributed by atoms with van der Waals surface area (Å²) in [5.74, 6) is -0.854. The van der Waals surface area contributed by atoms with Crippen LogP contribution in [0.25, 0.3) is 0 Å². The van der Waals surface area contributed by atoms with Gasteiger partial charge in [-0.1, -0.05) is 50.2 Å². The summed E-state index contributed by atoms with van der Waals surface area (Å²) in [5, 5.41) is 11.3. The summed E-state index contributed by atoms with van der Waals surface area (Å²) in [6.45, 7) is 6.10. The molecule has 4 N–H and O–H groups in total. The van der Waals surface area contributed by atoms with Crippen LogP contribution < -0.4 is 21.4 Å². The van der Waals surface area contributed by atoms with Crippen molar-refractivity contribution in [3.63, 3.8) is 0 Å². The molecule has 3 aromatic carbocycles. The molecule has 10 heteroatoms. The molecule has 0 unspecified atom stereocenters. The highest BCUT2D eigenvalue weighted by Gasteiger charge is 2.32. The molecule has 0 saturated carbocycles. The van der Waals surface area contributed by atoms with Crippen LogP contribution in [0.4, 0.5) is 27.5 Å². The minimum Gasteiger partial charge on any atom is -0.466 e. The molecule has 0 aliphatic carbocycles. The standard InChI is InChI=1S/C24H26N4O5.C8H11N/c1-4-16-8-6-7-9-20(16)25-15-19-21(14-22(29)33-5-2)27-28(23(19)30)18-12-10-17(11-13-18)26-24(31)32-3;1-2-7-5-3-4-6-8(7)9/h6-13,15,25H,4-5,14H2,1-3H3,(H,26,31);3-6H,2,9H2,1H3. The van der Waals surface area contributed by atoms with Gasteiger partial charge in [0.2, 0.25) is 0 Å². The van der Waals surface area contributed by atoms with Crippen LogP contribution in [-0.2, 0) is 31.9 Å². The molecule has 0 atom stereocenters. The first kappa shape index (κ1) is 31.4. The van der Waals surface area contributed by atoms with E-state index in [2.05, 4.69) is 33.5 Å². The summed E-state index contributed by atoms with van der Waals surface area (Å²) in [7, 11) is 1.27. The van der Waals surface area contributed by atoms with Gasteiger partial charge in [0.1, 0.15) is 0 Å².